The molecule has 0 radical (unpaired) electrons. The molecule has 1 aromatic carbocycles. The Balaban J connectivity index is 2.96. The van der Waals surface area contributed by atoms with Crippen molar-refractivity contribution >= 4 is 11.6 Å². The number of aliphatic hydroxyl groups excluding tert-OH is 1. The van der Waals surface area contributed by atoms with E-state index in [2.05, 4.69) is 0 Å². The first kappa shape index (κ1) is 12.4. The molecule has 0 saturated heterocycles. The first-order valence-corrected chi connectivity index (χ1v) is 4.89. The zero-order valence-corrected chi connectivity index (χ0v) is 9.27. The molecule has 16 heavy (non-hydrogen) atoms. The number of likely N-dealkylation sites (N-methyl/N-ethyl adjacent to an activating group) is 1. The summed E-state index contributed by atoms with van der Waals surface area (Å²) in [5, 5.41) is 8.92. The van der Waals surface area contributed by atoms with Gasteiger partial charge in [-0.1, -0.05) is 0 Å². The standard InChI is InChI=1S/C11H15FN2O2/c1-7(6-15)14(2)11(16)8-3-9(12)5-10(13)4-8/h3-5,7,15H,6,13H2,1-2H3. The Morgan fingerprint density at radius 3 is 2.69 bits per heavy atom. The molecule has 0 fully saturated rings. The second-order valence-corrected chi connectivity index (χ2v) is 3.72. The molecule has 0 aromatic heterocycles. The molecule has 1 unspecified atom stereocenters. The summed E-state index contributed by atoms with van der Waals surface area (Å²) >= 11 is 0. The molecular formula is C11H15FN2O2. The molecule has 1 atom stereocenters. The van der Waals surface area contributed by atoms with Gasteiger partial charge in [0.05, 0.1) is 12.6 Å². The van der Waals surface area contributed by atoms with E-state index in [9.17, 15) is 9.18 Å². The summed E-state index contributed by atoms with van der Waals surface area (Å²) in [5.74, 6) is -0.916. The van der Waals surface area contributed by atoms with E-state index in [1.807, 2.05) is 0 Å². The lowest BCUT2D eigenvalue weighted by molar-refractivity contribution is 0.0682. The molecule has 4 nitrogen and oxygen atoms in total. The second-order valence-electron chi connectivity index (χ2n) is 3.72. The van der Waals surface area contributed by atoms with E-state index in [4.69, 9.17) is 10.8 Å². The maximum atomic E-state index is 13.0. The topological polar surface area (TPSA) is 66.6 Å². The Labute approximate surface area is 93.5 Å². The molecule has 3 N–H and O–H groups in total. The summed E-state index contributed by atoms with van der Waals surface area (Å²) in [6.07, 6.45) is 0. The zero-order valence-electron chi connectivity index (χ0n) is 9.27. The lowest BCUT2D eigenvalue weighted by Crippen LogP contribution is -2.37. The van der Waals surface area contributed by atoms with Gasteiger partial charge >= 0.3 is 0 Å². The lowest BCUT2D eigenvalue weighted by Gasteiger charge is -2.23. The number of rotatable bonds is 3. The van der Waals surface area contributed by atoms with E-state index in [0.29, 0.717) is 0 Å². The van der Waals surface area contributed by atoms with E-state index in [0.717, 1.165) is 12.1 Å². The Hall–Kier alpha value is -1.62. The van der Waals surface area contributed by atoms with Gasteiger partial charge < -0.3 is 15.7 Å². The van der Waals surface area contributed by atoms with Crippen LogP contribution in [-0.2, 0) is 0 Å². The van der Waals surface area contributed by atoms with Crippen molar-refractivity contribution in [2.45, 2.75) is 13.0 Å². The van der Waals surface area contributed by atoms with E-state index in [1.165, 1.54) is 11.0 Å². The quantitative estimate of drug-likeness (QED) is 0.751. The van der Waals surface area contributed by atoms with Gasteiger partial charge in [-0.2, -0.15) is 0 Å². The van der Waals surface area contributed by atoms with Gasteiger partial charge in [0.1, 0.15) is 5.82 Å². The number of hydrogen-bond acceptors (Lipinski definition) is 3. The lowest BCUT2D eigenvalue weighted by atomic mass is 10.1. The number of amides is 1. The summed E-state index contributed by atoms with van der Waals surface area (Å²) in [7, 11) is 1.55. The van der Waals surface area contributed by atoms with Gasteiger partial charge in [-0.05, 0) is 25.1 Å². The summed E-state index contributed by atoms with van der Waals surface area (Å²) in [4.78, 5) is 13.2. The predicted molar refractivity (Wildman–Crippen MR) is 59.5 cm³/mol. The van der Waals surface area contributed by atoms with Crippen LogP contribution >= 0.6 is 0 Å². The molecule has 1 amide bonds. The van der Waals surface area contributed by atoms with Crippen LogP contribution in [0, 0.1) is 5.82 Å². The van der Waals surface area contributed by atoms with Gasteiger partial charge in [0.25, 0.3) is 5.91 Å². The van der Waals surface area contributed by atoms with Crippen molar-refractivity contribution in [1.29, 1.82) is 0 Å². The van der Waals surface area contributed by atoms with Crippen molar-refractivity contribution in [3.8, 4) is 0 Å². The maximum Gasteiger partial charge on any atom is 0.254 e. The first-order valence-electron chi connectivity index (χ1n) is 4.89. The first-order chi connectivity index (χ1) is 7.45. The molecule has 0 aliphatic heterocycles. The van der Waals surface area contributed by atoms with Crippen LogP contribution in [0.3, 0.4) is 0 Å². The number of aliphatic hydroxyl groups is 1. The van der Waals surface area contributed by atoms with E-state index in [-0.39, 0.29) is 29.8 Å². The fourth-order valence-electron chi connectivity index (χ4n) is 1.26. The molecule has 1 aromatic rings. The Morgan fingerprint density at radius 2 is 2.19 bits per heavy atom. The van der Waals surface area contributed by atoms with Gasteiger partial charge in [-0.3, -0.25) is 4.79 Å². The number of halogens is 1. The highest BCUT2D eigenvalue weighted by Crippen LogP contribution is 2.13. The number of nitrogen functional groups attached to an aromatic ring is 1. The van der Waals surface area contributed by atoms with Crippen LogP contribution in [-0.4, -0.2) is 35.6 Å². The maximum absolute atomic E-state index is 13.0. The number of anilines is 1. The molecule has 0 saturated carbocycles. The molecule has 1 rings (SSSR count). The van der Waals surface area contributed by atoms with Crippen molar-refractivity contribution in [3.05, 3.63) is 29.6 Å². The number of carbonyl (C=O) groups is 1. The van der Waals surface area contributed by atoms with Crippen LogP contribution in [0.25, 0.3) is 0 Å². The third-order valence-corrected chi connectivity index (χ3v) is 2.41. The number of carbonyl (C=O) groups excluding carboxylic acids is 1. The molecule has 0 bridgehead atoms. The van der Waals surface area contributed by atoms with Crippen molar-refractivity contribution in [3.63, 3.8) is 0 Å². The van der Waals surface area contributed by atoms with Crippen molar-refractivity contribution < 1.29 is 14.3 Å². The van der Waals surface area contributed by atoms with E-state index >= 15 is 0 Å². The summed E-state index contributed by atoms with van der Waals surface area (Å²) in [5.41, 5.74) is 5.83. The van der Waals surface area contributed by atoms with Gasteiger partial charge in [0, 0.05) is 18.3 Å². The van der Waals surface area contributed by atoms with Gasteiger partial charge in [0.15, 0.2) is 0 Å². The molecule has 5 heteroatoms. The van der Waals surface area contributed by atoms with Gasteiger partial charge in [-0.25, -0.2) is 4.39 Å². The number of hydrogen-bond donors (Lipinski definition) is 2. The smallest absolute Gasteiger partial charge is 0.254 e. The molecule has 88 valence electrons. The molecular weight excluding hydrogens is 211 g/mol. The van der Waals surface area contributed by atoms with Crippen LogP contribution in [0.1, 0.15) is 17.3 Å². The van der Waals surface area contributed by atoms with Crippen LogP contribution < -0.4 is 5.73 Å². The Morgan fingerprint density at radius 1 is 1.56 bits per heavy atom. The fourth-order valence-corrected chi connectivity index (χ4v) is 1.26. The van der Waals surface area contributed by atoms with Crippen molar-refractivity contribution in [2.75, 3.05) is 19.4 Å². The summed E-state index contributed by atoms with van der Waals surface area (Å²) in [6, 6.07) is 3.36. The predicted octanol–water partition coefficient (Wildman–Crippen LogP) is 0.861. The number of nitrogens with two attached hydrogens (primary N) is 1. The minimum Gasteiger partial charge on any atom is -0.399 e. The normalized spacial score (nSPS) is 12.2. The molecule has 0 aliphatic rings. The van der Waals surface area contributed by atoms with Gasteiger partial charge in [-0.15, -0.1) is 0 Å². The molecule has 0 heterocycles. The third kappa shape index (κ3) is 2.70. The Kier molecular flexibility index (Phi) is 3.84. The highest BCUT2D eigenvalue weighted by molar-refractivity contribution is 5.95. The Bertz CT molecular complexity index is 375. The van der Waals surface area contributed by atoms with E-state index in [1.54, 1.807) is 14.0 Å². The van der Waals surface area contributed by atoms with Crippen LogP contribution in [0.15, 0.2) is 18.2 Å². The highest BCUT2D eigenvalue weighted by atomic mass is 19.1. The van der Waals surface area contributed by atoms with Crippen LogP contribution in [0.2, 0.25) is 0 Å². The van der Waals surface area contributed by atoms with Crippen molar-refractivity contribution in [2.24, 2.45) is 0 Å². The summed E-state index contributed by atoms with van der Waals surface area (Å²) in [6.45, 7) is 1.55. The highest BCUT2D eigenvalue weighted by Gasteiger charge is 2.17. The van der Waals surface area contributed by atoms with E-state index < -0.39 is 5.82 Å². The SMILES string of the molecule is CC(CO)N(C)C(=O)c1cc(N)cc(F)c1. The zero-order chi connectivity index (χ0) is 12.3. The fraction of sp³-hybridized carbons (Fsp3) is 0.364. The number of nitrogens with zero attached hydrogens (tertiary/aromatic N) is 1. The average Bonchev–Trinajstić information content (AvgIpc) is 2.24. The monoisotopic (exact) mass is 226 g/mol. The molecule has 0 aliphatic carbocycles. The minimum absolute atomic E-state index is 0.146. The molecule has 0 spiro atoms. The van der Waals surface area contributed by atoms with Gasteiger partial charge in [0.2, 0.25) is 0 Å². The summed E-state index contributed by atoms with van der Waals surface area (Å²) < 4.78 is 13.0. The average molecular weight is 226 g/mol. The third-order valence-electron chi connectivity index (χ3n) is 2.41. The van der Waals surface area contributed by atoms with Crippen molar-refractivity contribution in [1.82, 2.24) is 4.90 Å². The minimum atomic E-state index is -0.548. The van der Waals surface area contributed by atoms with Crippen LogP contribution in [0.5, 0.6) is 0 Å². The second kappa shape index (κ2) is 4.94. The van der Waals surface area contributed by atoms with Crippen LogP contribution in [0.4, 0.5) is 10.1 Å². The number of benzene rings is 1. The largest absolute Gasteiger partial charge is 0.399 e.